The molecule has 0 aliphatic rings. The second-order valence-electron chi connectivity index (χ2n) is 5.53. The van der Waals surface area contributed by atoms with Gasteiger partial charge in [0.15, 0.2) is 9.84 Å². The van der Waals surface area contributed by atoms with E-state index in [1.54, 1.807) is 18.2 Å². The maximum absolute atomic E-state index is 13.9. The molecule has 0 aliphatic carbocycles. The Hall–Kier alpha value is -2.08. The molecule has 6 heteroatoms. The first-order valence-electron chi connectivity index (χ1n) is 7.13. The zero-order valence-corrected chi connectivity index (χ0v) is 14.4. The second kappa shape index (κ2) is 6.58. The number of hydrogen-bond donors (Lipinski definition) is 1. The van der Waals surface area contributed by atoms with Gasteiger partial charge in [-0.3, -0.25) is 0 Å². The van der Waals surface area contributed by atoms with Crippen LogP contribution in [0.1, 0.15) is 24.1 Å². The highest BCUT2D eigenvalue weighted by molar-refractivity contribution is 7.90. The van der Waals surface area contributed by atoms with E-state index in [0.29, 0.717) is 5.69 Å². The summed E-state index contributed by atoms with van der Waals surface area (Å²) >= 11 is 0. The Kier molecular flexibility index (Phi) is 4.94. The predicted octanol–water partition coefficient (Wildman–Crippen LogP) is 3.72. The molecule has 0 radical (unpaired) electrons. The summed E-state index contributed by atoms with van der Waals surface area (Å²) in [6, 6.07) is 9.61. The molecule has 2 aromatic rings. The summed E-state index contributed by atoms with van der Waals surface area (Å²) in [5, 5.41) is 3.08. The third kappa shape index (κ3) is 4.01. The van der Waals surface area contributed by atoms with Crippen LogP contribution >= 0.6 is 0 Å². The highest BCUT2D eigenvalue weighted by Crippen LogP contribution is 2.29. The summed E-state index contributed by atoms with van der Waals surface area (Å²) in [6.45, 7) is 3.69. The van der Waals surface area contributed by atoms with Gasteiger partial charge < -0.3 is 10.1 Å². The lowest BCUT2D eigenvalue weighted by Crippen LogP contribution is -2.09. The topological polar surface area (TPSA) is 55.4 Å². The minimum absolute atomic E-state index is 0.137. The SMILES string of the molecule is COc1cc([C@H](C)Nc2ccc(C)cc2F)ccc1S(C)(=O)=O. The van der Waals surface area contributed by atoms with E-state index in [4.69, 9.17) is 4.74 Å². The molecular formula is C17H20FNO3S. The number of methoxy groups -OCH3 is 1. The summed E-state index contributed by atoms with van der Waals surface area (Å²) in [5.41, 5.74) is 2.04. The van der Waals surface area contributed by atoms with Crippen LogP contribution in [0.15, 0.2) is 41.3 Å². The molecule has 2 aromatic carbocycles. The fourth-order valence-electron chi connectivity index (χ4n) is 2.31. The van der Waals surface area contributed by atoms with Crippen molar-refractivity contribution in [1.82, 2.24) is 0 Å². The Bertz CT molecular complexity index is 819. The lowest BCUT2D eigenvalue weighted by atomic mass is 10.1. The van der Waals surface area contributed by atoms with Crippen molar-refractivity contribution in [2.24, 2.45) is 0 Å². The lowest BCUT2D eigenvalue weighted by Gasteiger charge is -2.18. The van der Waals surface area contributed by atoms with Crippen LogP contribution in [0.3, 0.4) is 0 Å². The minimum atomic E-state index is -3.36. The lowest BCUT2D eigenvalue weighted by molar-refractivity contribution is 0.402. The van der Waals surface area contributed by atoms with E-state index in [1.165, 1.54) is 19.2 Å². The summed E-state index contributed by atoms with van der Waals surface area (Å²) in [4.78, 5) is 0.137. The first kappa shape index (κ1) is 17.3. The number of sulfone groups is 1. The van der Waals surface area contributed by atoms with Gasteiger partial charge in [-0.25, -0.2) is 12.8 Å². The van der Waals surface area contributed by atoms with Crippen LogP contribution in [0.4, 0.5) is 10.1 Å². The van der Waals surface area contributed by atoms with Crippen molar-refractivity contribution in [3.63, 3.8) is 0 Å². The zero-order chi connectivity index (χ0) is 17.2. The van der Waals surface area contributed by atoms with Crippen LogP contribution in [0.5, 0.6) is 5.75 Å². The summed E-state index contributed by atoms with van der Waals surface area (Å²) in [7, 11) is -1.94. The van der Waals surface area contributed by atoms with Gasteiger partial charge in [-0.15, -0.1) is 0 Å². The molecule has 4 nitrogen and oxygen atoms in total. The first-order chi connectivity index (χ1) is 10.7. The van der Waals surface area contributed by atoms with Crippen molar-refractivity contribution in [1.29, 1.82) is 0 Å². The van der Waals surface area contributed by atoms with Crippen molar-refractivity contribution in [2.45, 2.75) is 24.8 Å². The Morgan fingerprint density at radius 1 is 1.17 bits per heavy atom. The van der Waals surface area contributed by atoms with Crippen molar-refractivity contribution in [3.8, 4) is 5.75 Å². The van der Waals surface area contributed by atoms with Crippen LogP contribution < -0.4 is 10.1 Å². The number of ether oxygens (including phenoxy) is 1. The zero-order valence-electron chi connectivity index (χ0n) is 13.6. The van der Waals surface area contributed by atoms with Crippen LogP contribution in [0.2, 0.25) is 0 Å². The third-order valence-electron chi connectivity index (χ3n) is 3.58. The molecule has 0 heterocycles. The molecule has 0 saturated heterocycles. The van der Waals surface area contributed by atoms with Gasteiger partial charge in [-0.2, -0.15) is 0 Å². The van der Waals surface area contributed by atoms with Gasteiger partial charge in [0, 0.05) is 12.3 Å². The number of aryl methyl sites for hydroxylation is 1. The van der Waals surface area contributed by atoms with E-state index in [9.17, 15) is 12.8 Å². The van der Waals surface area contributed by atoms with E-state index < -0.39 is 9.84 Å². The highest BCUT2D eigenvalue weighted by Gasteiger charge is 2.17. The van der Waals surface area contributed by atoms with Gasteiger partial charge >= 0.3 is 0 Å². The van der Waals surface area contributed by atoms with Gasteiger partial charge in [-0.1, -0.05) is 12.1 Å². The van der Waals surface area contributed by atoms with Gasteiger partial charge in [0.1, 0.15) is 16.5 Å². The number of anilines is 1. The van der Waals surface area contributed by atoms with E-state index in [0.717, 1.165) is 17.4 Å². The Labute approximate surface area is 136 Å². The average molecular weight is 337 g/mol. The van der Waals surface area contributed by atoms with Crippen LogP contribution in [-0.4, -0.2) is 21.8 Å². The molecule has 23 heavy (non-hydrogen) atoms. The molecule has 0 unspecified atom stereocenters. The molecule has 0 aromatic heterocycles. The predicted molar refractivity (Wildman–Crippen MR) is 89.3 cm³/mol. The van der Waals surface area contributed by atoms with Crippen molar-refractivity contribution in [2.75, 3.05) is 18.7 Å². The second-order valence-corrected chi connectivity index (χ2v) is 7.52. The molecule has 0 fully saturated rings. The summed E-state index contributed by atoms with van der Waals surface area (Å²) < 4.78 is 42.5. The normalized spacial score (nSPS) is 12.7. The standard InChI is InChI=1S/C17H20FNO3S/c1-11-5-7-15(14(18)9-11)19-12(2)13-6-8-17(23(4,20)21)16(10-13)22-3/h5-10,12,19H,1-4H3/t12-/m0/s1. The Balaban J connectivity index is 2.31. The molecule has 0 bridgehead atoms. The molecule has 1 atom stereocenters. The van der Waals surface area contributed by atoms with E-state index in [2.05, 4.69) is 5.32 Å². The van der Waals surface area contributed by atoms with Crippen LogP contribution in [0.25, 0.3) is 0 Å². The average Bonchev–Trinajstić information content (AvgIpc) is 2.48. The molecular weight excluding hydrogens is 317 g/mol. The van der Waals surface area contributed by atoms with E-state index >= 15 is 0 Å². The molecule has 0 spiro atoms. The number of nitrogens with one attached hydrogen (secondary N) is 1. The van der Waals surface area contributed by atoms with E-state index in [-0.39, 0.29) is 22.5 Å². The van der Waals surface area contributed by atoms with Crippen LogP contribution in [-0.2, 0) is 9.84 Å². The number of rotatable bonds is 5. The Morgan fingerprint density at radius 3 is 2.43 bits per heavy atom. The van der Waals surface area contributed by atoms with Gasteiger partial charge in [0.2, 0.25) is 0 Å². The molecule has 2 rings (SSSR count). The minimum Gasteiger partial charge on any atom is -0.495 e. The number of benzene rings is 2. The first-order valence-corrected chi connectivity index (χ1v) is 9.02. The summed E-state index contributed by atoms with van der Waals surface area (Å²) in [5.74, 6) is -0.0420. The fraction of sp³-hybridized carbons (Fsp3) is 0.294. The highest BCUT2D eigenvalue weighted by atomic mass is 32.2. The summed E-state index contributed by atoms with van der Waals surface area (Å²) in [6.07, 6.45) is 1.13. The van der Waals surface area contributed by atoms with Gasteiger partial charge in [0.05, 0.1) is 12.8 Å². The molecule has 0 saturated carbocycles. The molecule has 1 N–H and O–H groups in total. The maximum Gasteiger partial charge on any atom is 0.179 e. The largest absolute Gasteiger partial charge is 0.495 e. The number of halogens is 1. The van der Waals surface area contributed by atoms with Crippen molar-refractivity contribution >= 4 is 15.5 Å². The van der Waals surface area contributed by atoms with Crippen LogP contribution in [0, 0.1) is 12.7 Å². The van der Waals surface area contributed by atoms with E-state index in [1.807, 2.05) is 19.9 Å². The van der Waals surface area contributed by atoms with Crippen molar-refractivity contribution in [3.05, 3.63) is 53.3 Å². The quantitative estimate of drug-likeness (QED) is 0.903. The monoisotopic (exact) mass is 337 g/mol. The maximum atomic E-state index is 13.9. The third-order valence-corrected chi connectivity index (χ3v) is 4.72. The molecule has 0 aliphatic heterocycles. The molecule has 0 amide bonds. The van der Waals surface area contributed by atoms with Gasteiger partial charge in [0.25, 0.3) is 0 Å². The van der Waals surface area contributed by atoms with Crippen molar-refractivity contribution < 1.29 is 17.5 Å². The number of hydrogen-bond acceptors (Lipinski definition) is 4. The van der Waals surface area contributed by atoms with Gasteiger partial charge in [-0.05, 0) is 49.2 Å². The molecule has 124 valence electrons. The smallest absolute Gasteiger partial charge is 0.179 e. The Morgan fingerprint density at radius 2 is 1.87 bits per heavy atom. The fourth-order valence-corrected chi connectivity index (χ4v) is 3.14.